The lowest BCUT2D eigenvalue weighted by Crippen LogP contribution is -2.17. The number of rotatable bonds is 3. The van der Waals surface area contributed by atoms with Gasteiger partial charge in [-0.05, 0) is 18.2 Å². The Morgan fingerprint density at radius 3 is 2.95 bits per heavy atom. The van der Waals surface area contributed by atoms with Crippen LogP contribution in [0.25, 0.3) is 10.9 Å². The molecule has 1 amide bonds. The normalized spacial score (nSPS) is 11.2. The fourth-order valence-electron chi connectivity index (χ4n) is 1.87. The van der Waals surface area contributed by atoms with Crippen molar-refractivity contribution in [3.8, 4) is 0 Å². The standard InChI is InChI=1S/C14H10ClN3OS/c15-13-6-5-9(20-13)7-17-18-14(19)11-8-16-12-4-2-1-3-10(11)12/h1-8,16H,(H,18,19)/b17-7-. The highest BCUT2D eigenvalue weighted by molar-refractivity contribution is 7.17. The third kappa shape index (κ3) is 2.59. The number of carbonyl (C=O) groups is 1. The van der Waals surface area contributed by atoms with E-state index in [0.717, 1.165) is 15.8 Å². The zero-order valence-corrected chi connectivity index (χ0v) is 11.8. The topological polar surface area (TPSA) is 57.2 Å². The predicted molar refractivity (Wildman–Crippen MR) is 82.7 cm³/mol. The minimum Gasteiger partial charge on any atom is -0.360 e. The van der Waals surface area contributed by atoms with Crippen LogP contribution in [0.15, 0.2) is 47.7 Å². The summed E-state index contributed by atoms with van der Waals surface area (Å²) in [4.78, 5) is 16.0. The van der Waals surface area contributed by atoms with Gasteiger partial charge in [-0.2, -0.15) is 5.10 Å². The van der Waals surface area contributed by atoms with E-state index in [1.54, 1.807) is 18.5 Å². The maximum Gasteiger partial charge on any atom is 0.273 e. The van der Waals surface area contributed by atoms with Crippen molar-refractivity contribution in [2.75, 3.05) is 0 Å². The Kier molecular flexibility index (Phi) is 3.54. The molecule has 0 spiro atoms. The third-order valence-electron chi connectivity index (χ3n) is 2.79. The van der Waals surface area contributed by atoms with Gasteiger partial charge in [0.25, 0.3) is 5.91 Å². The molecule has 0 saturated carbocycles. The predicted octanol–water partition coefficient (Wildman–Crippen LogP) is 3.65. The molecule has 0 unspecified atom stereocenters. The number of hydrogen-bond donors (Lipinski definition) is 2. The second-order valence-electron chi connectivity index (χ2n) is 4.09. The van der Waals surface area contributed by atoms with Gasteiger partial charge in [-0.25, -0.2) is 5.43 Å². The third-order valence-corrected chi connectivity index (χ3v) is 3.95. The molecular formula is C14H10ClN3OS. The molecule has 2 N–H and O–H groups in total. The molecule has 4 nitrogen and oxygen atoms in total. The minimum atomic E-state index is -0.249. The lowest BCUT2D eigenvalue weighted by atomic mass is 10.2. The van der Waals surface area contributed by atoms with Crippen molar-refractivity contribution >= 4 is 46.0 Å². The summed E-state index contributed by atoms with van der Waals surface area (Å²) in [5.41, 5.74) is 4.00. The first-order valence-electron chi connectivity index (χ1n) is 5.89. The highest BCUT2D eigenvalue weighted by atomic mass is 35.5. The van der Waals surface area contributed by atoms with Crippen LogP contribution in [0.3, 0.4) is 0 Å². The van der Waals surface area contributed by atoms with Gasteiger partial charge in [0, 0.05) is 22.0 Å². The summed E-state index contributed by atoms with van der Waals surface area (Å²) in [6.45, 7) is 0. The van der Waals surface area contributed by atoms with Gasteiger partial charge in [-0.1, -0.05) is 29.8 Å². The Balaban J connectivity index is 1.75. The van der Waals surface area contributed by atoms with Crippen molar-refractivity contribution in [2.45, 2.75) is 0 Å². The molecule has 100 valence electrons. The summed E-state index contributed by atoms with van der Waals surface area (Å²) in [7, 11) is 0. The van der Waals surface area contributed by atoms with E-state index in [2.05, 4.69) is 15.5 Å². The van der Waals surface area contributed by atoms with Crippen molar-refractivity contribution in [1.29, 1.82) is 0 Å². The Labute approximate surface area is 124 Å². The first kappa shape index (κ1) is 12.9. The average molecular weight is 304 g/mol. The van der Waals surface area contributed by atoms with E-state index in [4.69, 9.17) is 11.6 Å². The van der Waals surface area contributed by atoms with Gasteiger partial charge >= 0.3 is 0 Å². The molecule has 6 heteroatoms. The van der Waals surface area contributed by atoms with Crippen LogP contribution in [0, 0.1) is 0 Å². The van der Waals surface area contributed by atoms with E-state index in [9.17, 15) is 4.79 Å². The Morgan fingerprint density at radius 1 is 1.30 bits per heavy atom. The van der Waals surface area contributed by atoms with Crippen molar-refractivity contribution in [3.05, 3.63) is 57.4 Å². The van der Waals surface area contributed by atoms with E-state index < -0.39 is 0 Å². The second-order valence-corrected chi connectivity index (χ2v) is 5.84. The van der Waals surface area contributed by atoms with Gasteiger partial charge in [-0.3, -0.25) is 4.79 Å². The molecule has 3 aromatic rings. The van der Waals surface area contributed by atoms with Crippen molar-refractivity contribution in [1.82, 2.24) is 10.4 Å². The van der Waals surface area contributed by atoms with Crippen LogP contribution < -0.4 is 5.43 Å². The van der Waals surface area contributed by atoms with E-state index in [-0.39, 0.29) is 5.91 Å². The van der Waals surface area contributed by atoms with E-state index in [1.165, 1.54) is 11.3 Å². The van der Waals surface area contributed by atoms with E-state index in [1.807, 2.05) is 30.3 Å². The number of aromatic nitrogens is 1. The molecule has 0 bridgehead atoms. The van der Waals surface area contributed by atoms with Gasteiger partial charge in [-0.15, -0.1) is 11.3 Å². The van der Waals surface area contributed by atoms with Crippen LogP contribution in [-0.2, 0) is 0 Å². The molecule has 0 saturated heterocycles. The van der Waals surface area contributed by atoms with Gasteiger partial charge < -0.3 is 4.98 Å². The molecule has 1 aromatic carbocycles. The van der Waals surface area contributed by atoms with Crippen molar-refractivity contribution in [2.24, 2.45) is 5.10 Å². The summed E-state index contributed by atoms with van der Waals surface area (Å²) in [5.74, 6) is -0.249. The number of nitrogens with zero attached hydrogens (tertiary/aromatic N) is 1. The number of thiophene rings is 1. The number of para-hydroxylation sites is 1. The molecule has 0 aliphatic carbocycles. The number of amides is 1. The number of halogens is 1. The highest BCUT2D eigenvalue weighted by Crippen LogP contribution is 2.20. The first-order chi connectivity index (χ1) is 9.74. The van der Waals surface area contributed by atoms with Crippen LogP contribution in [0.2, 0.25) is 4.34 Å². The minimum absolute atomic E-state index is 0.249. The second kappa shape index (κ2) is 5.48. The van der Waals surface area contributed by atoms with Crippen LogP contribution >= 0.6 is 22.9 Å². The molecule has 0 atom stereocenters. The molecule has 0 radical (unpaired) electrons. The van der Waals surface area contributed by atoms with Crippen LogP contribution in [0.5, 0.6) is 0 Å². The monoisotopic (exact) mass is 303 g/mol. The number of hydrazone groups is 1. The molecule has 3 rings (SSSR count). The van der Waals surface area contributed by atoms with Gasteiger partial charge in [0.1, 0.15) is 0 Å². The number of hydrogen-bond acceptors (Lipinski definition) is 3. The molecular weight excluding hydrogens is 294 g/mol. The fraction of sp³-hybridized carbons (Fsp3) is 0. The molecule has 0 aliphatic heterocycles. The molecule has 0 aliphatic rings. The lowest BCUT2D eigenvalue weighted by Gasteiger charge is -1.97. The number of nitrogens with one attached hydrogen (secondary N) is 2. The Bertz CT molecular complexity index is 790. The highest BCUT2D eigenvalue weighted by Gasteiger charge is 2.10. The largest absolute Gasteiger partial charge is 0.360 e. The number of aromatic amines is 1. The van der Waals surface area contributed by atoms with Gasteiger partial charge in [0.05, 0.1) is 16.1 Å². The summed E-state index contributed by atoms with van der Waals surface area (Å²) < 4.78 is 0.689. The van der Waals surface area contributed by atoms with Crippen LogP contribution in [-0.4, -0.2) is 17.1 Å². The average Bonchev–Trinajstić information content (AvgIpc) is 3.05. The zero-order chi connectivity index (χ0) is 13.9. The number of H-pyrrole nitrogens is 1. The maximum absolute atomic E-state index is 12.0. The van der Waals surface area contributed by atoms with Crippen molar-refractivity contribution < 1.29 is 4.79 Å². The van der Waals surface area contributed by atoms with Crippen LogP contribution in [0.1, 0.15) is 15.2 Å². The Hall–Kier alpha value is -2.11. The summed E-state index contributed by atoms with van der Waals surface area (Å²) in [6.07, 6.45) is 3.25. The van der Waals surface area contributed by atoms with E-state index >= 15 is 0 Å². The maximum atomic E-state index is 12.0. The summed E-state index contributed by atoms with van der Waals surface area (Å²) in [5, 5.41) is 4.81. The zero-order valence-electron chi connectivity index (χ0n) is 10.3. The Morgan fingerprint density at radius 2 is 2.15 bits per heavy atom. The van der Waals surface area contributed by atoms with Gasteiger partial charge in [0.2, 0.25) is 0 Å². The lowest BCUT2D eigenvalue weighted by molar-refractivity contribution is 0.0957. The SMILES string of the molecule is O=C(N/N=C\c1ccc(Cl)s1)c1c[nH]c2ccccc12. The van der Waals surface area contributed by atoms with Crippen LogP contribution in [0.4, 0.5) is 0 Å². The quantitative estimate of drug-likeness (QED) is 0.563. The van der Waals surface area contributed by atoms with Gasteiger partial charge in [0.15, 0.2) is 0 Å². The fourth-order valence-corrected chi connectivity index (χ4v) is 2.80. The number of benzene rings is 1. The first-order valence-corrected chi connectivity index (χ1v) is 7.08. The summed E-state index contributed by atoms with van der Waals surface area (Å²) in [6, 6.07) is 11.2. The smallest absolute Gasteiger partial charge is 0.273 e. The molecule has 2 aromatic heterocycles. The van der Waals surface area contributed by atoms with E-state index in [0.29, 0.717) is 9.90 Å². The molecule has 2 heterocycles. The molecule has 0 fully saturated rings. The number of carbonyl (C=O) groups excluding carboxylic acids is 1. The number of fused-ring (bicyclic) bond motifs is 1. The summed E-state index contributed by atoms with van der Waals surface area (Å²) >= 11 is 7.21. The van der Waals surface area contributed by atoms with Crippen molar-refractivity contribution in [3.63, 3.8) is 0 Å². The molecule has 20 heavy (non-hydrogen) atoms.